The van der Waals surface area contributed by atoms with E-state index in [1.54, 1.807) is 0 Å². The molecule has 0 aliphatic rings. The van der Waals surface area contributed by atoms with E-state index in [0.717, 1.165) is 24.0 Å². The molecule has 36 heavy (non-hydrogen) atoms. The number of carboxylic acid groups (broad SMARTS) is 2. The van der Waals surface area contributed by atoms with Crippen molar-refractivity contribution in [2.45, 2.75) is 66.8 Å². The molecule has 0 spiro atoms. The summed E-state index contributed by atoms with van der Waals surface area (Å²) in [5.41, 5.74) is 2.60. The molecule has 204 valence electrons. The van der Waals surface area contributed by atoms with E-state index in [4.69, 9.17) is 24.7 Å². The minimum Gasteiger partial charge on any atom is -0.480 e. The smallest absolute Gasteiger partial charge is 0.317 e. The Bertz CT molecular complexity index is 804. The molecule has 0 fully saturated rings. The minimum atomic E-state index is -1.03. The Labute approximate surface area is 215 Å². The Morgan fingerprint density at radius 1 is 1.00 bits per heavy atom. The molecular weight excluding hydrogens is 466 g/mol. The van der Waals surface area contributed by atoms with Crippen LogP contribution in [-0.4, -0.2) is 65.9 Å². The van der Waals surface area contributed by atoms with E-state index in [-0.39, 0.29) is 32.3 Å². The molecule has 9 heteroatoms. The summed E-state index contributed by atoms with van der Waals surface area (Å²) >= 11 is 0. The molecule has 0 radical (unpaired) electrons. The summed E-state index contributed by atoms with van der Waals surface area (Å²) in [6, 6.07) is 7.89. The van der Waals surface area contributed by atoms with Crippen LogP contribution in [-0.2, 0) is 35.4 Å². The number of esters is 1. The summed E-state index contributed by atoms with van der Waals surface area (Å²) in [4.78, 5) is 44.0. The summed E-state index contributed by atoms with van der Waals surface area (Å²) in [6.45, 7) is 16.0. The molecule has 0 saturated heterocycles. The molecule has 1 aromatic rings. The number of carboxylic acids is 2. The molecule has 1 rings (SSSR count). The van der Waals surface area contributed by atoms with Gasteiger partial charge in [0.2, 0.25) is 0 Å². The van der Waals surface area contributed by atoms with E-state index in [1.165, 1.54) is 10.5 Å². The van der Waals surface area contributed by atoms with Crippen LogP contribution < -0.4 is 0 Å². The molecule has 2 N–H and O–H groups in total. The molecule has 0 heterocycles. The van der Waals surface area contributed by atoms with Crippen LogP contribution in [0.1, 0.15) is 71.4 Å². The topological polar surface area (TPSA) is 123 Å². The van der Waals surface area contributed by atoms with Gasteiger partial charge in [-0.15, -0.1) is 0 Å². The van der Waals surface area contributed by atoms with Gasteiger partial charge in [0.25, 0.3) is 0 Å². The van der Waals surface area contributed by atoms with Gasteiger partial charge in [-0.2, -0.15) is 0 Å². The maximum Gasteiger partial charge on any atom is 0.317 e. The Morgan fingerprint density at radius 2 is 1.56 bits per heavy atom. The summed E-state index contributed by atoms with van der Waals surface area (Å²) in [5, 5.41) is 17.6. The van der Waals surface area contributed by atoms with Gasteiger partial charge in [-0.25, -0.2) is 9.78 Å². The van der Waals surface area contributed by atoms with Gasteiger partial charge in [0.1, 0.15) is 19.8 Å². The van der Waals surface area contributed by atoms with Crippen LogP contribution in [0.5, 0.6) is 0 Å². The zero-order valence-corrected chi connectivity index (χ0v) is 22.5. The standard InChI is InChI=1S/C15H21NO4.C12H22O4/c1-3-11(2)13-6-4-12(5-7-13)8-16(9-14(17)18)10-15(19)20;1-6-12(4,5)11(13)14-7-8-15-16-9-10(2)3/h4-7,11H,3,8-10H2,1-2H3,(H,17,18)(H,19,20);2,6-9H2,1,3-5H3. The number of hydrogen-bond acceptors (Lipinski definition) is 7. The lowest BCUT2D eigenvalue weighted by molar-refractivity contribution is -0.292. The van der Waals surface area contributed by atoms with E-state index in [9.17, 15) is 14.4 Å². The quantitative estimate of drug-likeness (QED) is 0.108. The van der Waals surface area contributed by atoms with Crippen LogP contribution in [0.4, 0.5) is 0 Å². The molecule has 1 aromatic carbocycles. The summed E-state index contributed by atoms with van der Waals surface area (Å²) in [7, 11) is 0. The Morgan fingerprint density at radius 3 is 2.00 bits per heavy atom. The molecule has 0 aliphatic carbocycles. The average molecular weight is 510 g/mol. The monoisotopic (exact) mass is 509 g/mol. The minimum absolute atomic E-state index is 0.207. The van der Waals surface area contributed by atoms with Crippen molar-refractivity contribution in [1.29, 1.82) is 0 Å². The van der Waals surface area contributed by atoms with Gasteiger partial charge >= 0.3 is 17.9 Å². The fraction of sp³-hybridized carbons (Fsp3) is 0.593. The van der Waals surface area contributed by atoms with Gasteiger partial charge in [0.15, 0.2) is 0 Å². The third kappa shape index (κ3) is 15.3. The maximum absolute atomic E-state index is 11.5. The first kappa shape index (κ1) is 33.2. The molecule has 0 amide bonds. The van der Waals surface area contributed by atoms with Crippen molar-refractivity contribution in [2.75, 3.05) is 32.9 Å². The Kier molecular flexibility index (Phi) is 16.3. The fourth-order valence-electron chi connectivity index (χ4n) is 2.71. The van der Waals surface area contributed by atoms with E-state index in [1.807, 2.05) is 52.0 Å². The lowest BCUT2D eigenvalue weighted by Gasteiger charge is -2.20. The number of ether oxygens (including phenoxy) is 1. The van der Waals surface area contributed by atoms with Crippen molar-refractivity contribution in [2.24, 2.45) is 5.41 Å². The largest absolute Gasteiger partial charge is 0.480 e. The van der Waals surface area contributed by atoms with E-state index < -0.39 is 17.4 Å². The molecule has 1 unspecified atom stereocenters. The molecule has 0 aromatic heterocycles. The molecule has 0 bridgehead atoms. The van der Waals surface area contributed by atoms with Crippen LogP contribution in [0.3, 0.4) is 0 Å². The first-order chi connectivity index (χ1) is 16.8. The van der Waals surface area contributed by atoms with Gasteiger partial charge in [0, 0.05) is 6.54 Å². The molecular formula is C27H43NO8. The van der Waals surface area contributed by atoms with Gasteiger partial charge in [-0.05, 0) is 50.7 Å². The predicted molar refractivity (Wildman–Crippen MR) is 137 cm³/mol. The van der Waals surface area contributed by atoms with Gasteiger partial charge < -0.3 is 14.9 Å². The van der Waals surface area contributed by atoms with Crippen LogP contribution >= 0.6 is 0 Å². The maximum atomic E-state index is 11.5. The molecule has 1 atom stereocenters. The normalized spacial score (nSPS) is 11.9. The van der Waals surface area contributed by atoms with Gasteiger partial charge in [0.05, 0.1) is 18.5 Å². The number of hydrogen-bond donors (Lipinski definition) is 2. The molecule has 0 saturated carbocycles. The first-order valence-electron chi connectivity index (χ1n) is 12.1. The molecule has 0 aliphatic heterocycles. The van der Waals surface area contributed by atoms with Crippen LogP contribution in [0.2, 0.25) is 0 Å². The summed E-state index contributed by atoms with van der Waals surface area (Å²) < 4.78 is 5.04. The third-order valence-electron chi connectivity index (χ3n) is 5.51. The van der Waals surface area contributed by atoms with Crippen LogP contribution in [0.25, 0.3) is 0 Å². The van der Waals surface area contributed by atoms with E-state index >= 15 is 0 Å². The molecule has 9 nitrogen and oxygen atoms in total. The van der Waals surface area contributed by atoms with E-state index in [0.29, 0.717) is 19.1 Å². The number of rotatable bonds is 16. The number of nitrogens with zero attached hydrogens (tertiary/aromatic N) is 1. The van der Waals surface area contributed by atoms with Crippen molar-refractivity contribution >= 4 is 17.9 Å². The first-order valence-corrected chi connectivity index (χ1v) is 12.1. The second-order valence-electron chi connectivity index (χ2n) is 9.40. The fourth-order valence-corrected chi connectivity index (χ4v) is 2.71. The SMILES string of the molecule is C=C(C)COOCCOC(=O)C(C)(C)CC.CCC(C)c1ccc(CN(CC(=O)O)CC(=O)O)cc1. The Hall–Kier alpha value is -2.75. The lowest BCUT2D eigenvalue weighted by atomic mass is 9.91. The predicted octanol–water partition coefficient (Wildman–Crippen LogP) is 4.66. The highest BCUT2D eigenvalue weighted by Gasteiger charge is 2.26. The lowest BCUT2D eigenvalue weighted by Crippen LogP contribution is -2.33. The highest BCUT2D eigenvalue weighted by atomic mass is 17.2. The van der Waals surface area contributed by atoms with Crippen molar-refractivity contribution in [3.63, 3.8) is 0 Å². The zero-order valence-electron chi connectivity index (χ0n) is 22.5. The summed E-state index contributed by atoms with van der Waals surface area (Å²) in [5.74, 6) is -1.78. The zero-order chi connectivity index (χ0) is 27.7. The average Bonchev–Trinajstić information content (AvgIpc) is 2.80. The number of carbonyl (C=O) groups excluding carboxylic acids is 1. The Balaban J connectivity index is 0.000000700. The second-order valence-corrected chi connectivity index (χ2v) is 9.40. The highest BCUT2D eigenvalue weighted by molar-refractivity contribution is 5.75. The van der Waals surface area contributed by atoms with Crippen molar-refractivity contribution < 1.29 is 39.1 Å². The summed E-state index contributed by atoms with van der Waals surface area (Å²) in [6.07, 6.45) is 1.81. The number of aliphatic carboxylic acids is 2. The van der Waals surface area contributed by atoms with E-state index in [2.05, 4.69) is 20.4 Å². The van der Waals surface area contributed by atoms with Crippen molar-refractivity contribution in [1.82, 2.24) is 4.90 Å². The second kappa shape index (κ2) is 17.6. The van der Waals surface area contributed by atoms with Gasteiger partial charge in [-0.3, -0.25) is 19.3 Å². The van der Waals surface area contributed by atoms with Gasteiger partial charge in [-0.1, -0.05) is 57.2 Å². The van der Waals surface area contributed by atoms with Crippen LogP contribution in [0, 0.1) is 5.41 Å². The number of benzene rings is 1. The van der Waals surface area contributed by atoms with Crippen molar-refractivity contribution in [3.8, 4) is 0 Å². The number of carbonyl (C=O) groups is 3. The van der Waals surface area contributed by atoms with Crippen molar-refractivity contribution in [3.05, 3.63) is 47.5 Å². The third-order valence-corrected chi connectivity index (χ3v) is 5.51. The van der Waals surface area contributed by atoms with Crippen LogP contribution in [0.15, 0.2) is 36.4 Å². The highest BCUT2D eigenvalue weighted by Crippen LogP contribution is 2.21.